The normalized spacial score (nSPS) is 12.1. The first-order valence-electron chi connectivity index (χ1n) is 6.46. The molecule has 2 amide bonds. The standard InChI is InChI=1S/C14H21N3O3/c1-4-12(14(19)16-20)15-13(18)11-7-5-6-10(8-11)9-17(2)3/h5-8,12,20H,4,9H2,1-3H3,(H,15,18)(H,16,19)/t12-/m1/s1. The van der Waals surface area contributed by atoms with Gasteiger partial charge in [0.15, 0.2) is 0 Å². The van der Waals surface area contributed by atoms with Crippen molar-refractivity contribution in [2.45, 2.75) is 25.9 Å². The van der Waals surface area contributed by atoms with Gasteiger partial charge in [-0.15, -0.1) is 0 Å². The number of hydrogen-bond acceptors (Lipinski definition) is 4. The zero-order chi connectivity index (χ0) is 15.1. The summed E-state index contributed by atoms with van der Waals surface area (Å²) in [4.78, 5) is 25.4. The minimum absolute atomic E-state index is 0.332. The summed E-state index contributed by atoms with van der Waals surface area (Å²) >= 11 is 0. The van der Waals surface area contributed by atoms with Crippen molar-refractivity contribution in [1.82, 2.24) is 15.7 Å². The maximum atomic E-state index is 12.1. The van der Waals surface area contributed by atoms with Gasteiger partial charge in [-0.05, 0) is 38.2 Å². The van der Waals surface area contributed by atoms with Gasteiger partial charge in [0.1, 0.15) is 6.04 Å². The third-order valence-corrected chi connectivity index (χ3v) is 2.83. The minimum atomic E-state index is -0.745. The Kier molecular flexibility index (Phi) is 6.14. The average Bonchev–Trinajstić information content (AvgIpc) is 2.43. The lowest BCUT2D eigenvalue weighted by atomic mass is 10.1. The minimum Gasteiger partial charge on any atom is -0.340 e. The van der Waals surface area contributed by atoms with Crippen molar-refractivity contribution in [2.24, 2.45) is 0 Å². The second-order valence-corrected chi connectivity index (χ2v) is 4.85. The Morgan fingerprint density at radius 3 is 2.60 bits per heavy atom. The van der Waals surface area contributed by atoms with Gasteiger partial charge in [-0.3, -0.25) is 14.8 Å². The van der Waals surface area contributed by atoms with Crippen LogP contribution >= 0.6 is 0 Å². The second-order valence-electron chi connectivity index (χ2n) is 4.85. The molecule has 0 heterocycles. The van der Waals surface area contributed by atoms with Gasteiger partial charge < -0.3 is 10.2 Å². The van der Waals surface area contributed by atoms with Crippen LogP contribution in [0.25, 0.3) is 0 Å². The Morgan fingerprint density at radius 1 is 1.35 bits per heavy atom. The number of amides is 2. The summed E-state index contributed by atoms with van der Waals surface area (Å²) in [5.74, 6) is -0.952. The lowest BCUT2D eigenvalue weighted by Gasteiger charge is -2.15. The topological polar surface area (TPSA) is 81.7 Å². The Bertz CT molecular complexity index is 474. The number of rotatable bonds is 6. The number of benzene rings is 1. The van der Waals surface area contributed by atoms with Gasteiger partial charge in [0.2, 0.25) is 0 Å². The highest BCUT2D eigenvalue weighted by atomic mass is 16.5. The lowest BCUT2D eigenvalue weighted by molar-refractivity contribution is -0.131. The predicted octanol–water partition coefficient (Wildman–Crippen LogP) is 0.762. The Labute approximate surface area is 118 Å². The molecule has 0 fully saturated rings. The quantitative estimate of drug-likeness (QED) is 0.530. The van der Waals surface area contributed by atoms with E-state index in [4.69, 9.17) is 5.21 Å². The molecule has 6 heteroatoms. The van der Waals surface area contributed by atoms with Crippen LogP contribution in [0, 0.1) is 0 Å². The Balaban J connectivity index is 2.78. The van der Waals surface area contributed by atoms with Gasteiger partial charge in [0.25, 0.3) is 11.8 Å². The van der Waals surface area contributed by atoms with Gasteiger partial charge in [0, 0.05) is 12.1 Å². The SMILES string of the molecule is CC[C@@H](NC(=O)c1cccc(CN(C)C)c1)C(=O)NO. The van der Waals surface area contributed by atoms with E-state index >= 15 is 0 Å². The van der Waals surface area contributed by atoms with Gasteiger partial charge >= 0.3 is 0 Å². The van der Waals surface area contributed by atoms with Crippen molar-refractivity contribution >= 4 is 11.8 Å². The monoisotopic (exact) mass is 279 g/mol. The summed E-state index contributed by atoms with van der Waals surface area (Å²) in [7, 11) is 3.90. The van der Waals surface area contributed by atoms with E-state index in [-0.39, 0.29) is 5.91 Å². The fourth-order valence-corrected chi connectivity index (χ4v) is 1.85. The van der Waals surface area contributed by atoms with Crippen LogP contribution in [0.4, 0.5) is 0 Å². The second kappa shape index (κ2) is 7.62. The molecule has 0 aliphatic carbocycles. The number of hydrogen-bond donors (Lipinski definition) is 3. The van der Waals surface area contributed by atoms with Crippen LogP contribution in [0.15, 0.2) is 24.3 Å². The van der Waals surface area contributed by atoms with Crippen molar-refractivity contribution in [2.75, 3.05) is 14.1 Å². The molecule has 6 nitrogen and oxygen atoms in total. The van der Waals surface area contributed by atoms with E-state index in [1.165, 1.54) is 0 Å². The molecule has 1 rings (SSSR count). The van der Waals surface area contributed by atoms with Crippen molar-refractivity contribution in [3.8, 4) is 0 Å². The molecule has 20 heavy (non-hydrogen) atoms. The molecule has 0 aliphatic rings. The smallest absolute Gasteiger partial charge is 0.265 e. The van der Waals surface area contributed by atoms with Crippen LogP contribution in [-0.4, -0.2) is 42.1 Å². The number of nitrogens with one attached hydrogen (secondary N) is 2. The van der Waals surface area contributed by atoms with Gasteiger partial charge in [-0.2, -0.15) is 0 Å². The fraction of sp³-hybridized carbons (Fsp3) is 0.429. The van der Waals surface area contributed by atoms with E-state index in [1.807, 2.05) is 25.1 Å². The fourth-order valence-electron chi connectivity index (χ4n) is 1.85. The number of carbonyl (C=O) groups excluding carboxylic acids is 2. The molecule has 0 saturated carbocycles. The zero-order valence-electron chi connectivity index (χ0n) is 12.0. The molecular formula is C14H21N3O3. The van der Waals surface area contributed by atoms with Gasteiger partial charge in [0.05, 0.1) is 0 Å². The largest absolute Gasteiger partial charge is 0.340 e. The highest BCUT2D eigenvalue weighted by Crippen LogP contribution is 2.07. The predicted molar refractivity (Wildman–Crippen MR) is 75.3 cm³/mol. The molecule has 0 spiro atoms. The highest BCUT2D eigenvalue weighted by Gasteiger charge is 2.19. The van der Waals surface area contributed by atoms with Crippen molar-refractivity contribution in [3.05, 3.63) is 35.4 Å². The molecule has 0 unspecified atom stereocenters. The maximum Gasteiger partial charge on any atom is 0.265 e. The summed E-state index contributed by atoms with van der Waals surface area (Å²) in [5.41, 5.74) is 3.06. The summed E-state index contributed by atoms with van der Waals surface area (Å²) < 4.78 is 0. The van der Waals surface area contributed by atoms with Crippen molar-refractivity contribution in [3.63, 3.8) is 0 Å². The van der Waals surface area contributed by atoms with Crippen LogP contribution in [0.2, 0.25) is 0 Å². The van der Waals surface area contributed by atoms with E-state index in [0.29, 0.717) is 12.0 Å². The van der Waals surface area contributed by atoms with Gasteiger partial charge in [-0.25, -0.2) is 5.48 Å². The first-order valence-corrected chi connectivity index (χ1v) is 6.46. The third kappa shape index (κ3) is 4.64. The van der Waals surface area contributed by atoms with Crippen LogP contribution in [0.5, 0.6) is 0 Å². The molecule has 110 valence electrons. The number of carbonyl (C=O) groups is 2. The summed E-state index contributed by atoms with van der Waals surface area (Å²) in [6.07, 6.45) is 0.398. The molecule has 0 aromatic heterocycles. The highest BCUT2D eigenvalue weighted by molar-refractivity contribution is 5.97. The summed E-state index contributed by atoms with van der Waals surface area (Å²) in [6, 6.07) is 6.48. The molecule has 3 N–H and O–H groups in total. The Morgan fingerprint density at radius 2 is 2.05 bits per heavy atom. The molecule has 1 atom stereocenters. The van der Waals surface area contributed by atoms with E-state index in [2.05, 4.69) is 5.32 Å². The first-order chi connectivity index (χ1) is 9.47. The first kappa shape index (κ1) is 16.1. The van der Waals surface area contributed by atoms with Crippen molar-refractivity contribution < 1.29 is 14.8 Å². The molecule has 0 radical (unpaired) electrons. The molecule has 0 aliphatic heterocycles. The van der Waals surface area contributed by atoms with Crippen LogP contribution < -0.4 is 10.8 Å². The lowest BCUT2D eigenvalue weighted by Crippen LogP contribution is -2.45. The molecule has 1 aromatic carbocycles. The molecular weight excluding hydrogens is 258 g/mol. The van der Waals surface area contributed by atoms with E-state index in [1.54, 1.807) is 30.6 Å². The molecule has 0 bridgehead atoms. The van der Waals surface area contributed by atoms with E-state index in [0.717, 1.165) is 12.1 Å². The van der Waals surface area contributed by atoms with Crippen LogP contribution in [0.3, 0.4) is 0 Å². The number of hydroxylamine groups is 1. The Hall–Kier alpha value is -1.92. The molecule has 0 saturated heterocycles. The van der Waals surface area contributed by atoms with Gasteiger partial charge in [-0.1, -0.05) is 19.1 Å². The van der Waals surface area contributed by atoms with E-state index in [9.17, 15) is 9.59 Å². The van der Waals surface area contributed by atoms with Crippen molar-refractivity contribution in [1.29, 1.82) is 0 Å². The van der Waals surface area contributed by atoms with E-state index < -0.39 is 11.9 Å². The molecule has 1 aromatic rings. The van der Waals surface area contributed by atoms with Crippen LogP contribution in [-0.2, 0) is 11.3 Å². The zero-order valence-corrected chi connectivity index (χ0v) is 12.0. The third-order valence-electron chi connectivity index (χ3n) is 2.83. The summed E-state index contributed by atoms with van der Waals surface area (Å²) in [6.45, 7) is 2.48. The average molecular weight is 279 g/mol. The summed E-state index contributed by atoms with van der Waals surface area (Å²) in [5, 5.41) is 11.2. The number of nitrogens with zero attached hydrogens (tertiary/aromatic N) is 1. The maximum absolute atomic E-state index is 12.1. The van der Waals surface area contributed by atoms with Crippen LogP contribution in [0.1, 0.15) is 29.3 Å².